The van der Waals surface area contributed by atoms with Gasteiger partial charge in [-0.15, -0.1) is 0 Å². The quantitative estimate of drug-likeness (QED) is 0.629. The number of hydrogen-bond donors (Lipinski definition) is 2. The first-order chi connectivity index (χ1) is 13.8. The Morgan fingerprint density at radius 2 is 1.66 bits per heavy atom. The lowest BCUT2D eigenvalue weighted by Gasteiger charge is -2.17. The largest absolute Gasteiger partial charge is 0.346 e. The van der Waals surface area contributed by atoms with E-state index >= 15 is 0 Å². The summed E-state index contributed by atoms with van der Waals surface area (Å²) in [6.45, 7) is 3.84. The molecule has 3 rings (SSSR count). The lowest BCUT2D eigenvalue weighted by molar-refractivity contribution is 0.0939. The molecule has 0 spiro atoms. The van der Waals surface area contributed by atoms with E-state index in [0.717, 1.165) is 23.3 Å². The Balaban J connectivity index is 1.78. The van der Waals surface area contributed by atoms with Crippen LogP contribution >= 0.6 is 0 Å². The van der Waals surface area contributed by atoms with E-state index in [-0.39, 0.29) is 28.1 Å². The van der Waals surface area contributed by atoms with Crippen LogP contribution in [0.3, 0.4) is 0 Å². The molecule has 2 N–H and O–H groups in total. The van der Waals surface area contributed by atoms with Crippen LogP contribution in [0.2, 0.25) is 0 Å². The molecule has 1 atom stereocenters. The van der Waals surface area contributed by atoms with Crippen molar-refractivity contribution in [3.8, 4) is 0 Å². The number of benzene rings is 3. The lowest BCUT2D eigenvalue weighted by Crippen LogP contribution is -2.27. The highest BCUT2D eigenvalue weighted by molar-refractivity contribution is 7.92. The number of amides is 1. The van der Waals surface area contributed by atoms with Gasteiger partial charge in [-0.2, -0.15) is 0 Å². The number of hydrogen-bond acceptors (Lipinski definition) is 3. The molecule has 0 bridgehead atoms. The molecule has 29 heavy (non-hydrogen) atoms. The molecule has 0 saturated carbocycles. The Morgan fingerprint density at radius 3 is 2.34 bits per heavy atom. The van der Waals surface area contributed by atoms with Crippen molar-refractivity contribution in [2.45, 2.75) is 24.8 Å². The van der Waals surface area contributed by atoms with Crippen molar-refractivity contribution in [1.29, 1.82) is 0 Å². The van der Waals surface area contributed by atoms with Gasteiger partial charge in [0.2, 0.25) is 0 Å². The van der Waals surface area contributed by atoms with E-state index in [9.17, 15) is 17.6 Å². The molecule has 0 saturated heterocycles. The minimum atomic E-state index is -3.92. The summed E-state index contributed by atoms with van der Waals surface area (Å²) in [5.41, 5.74) is 2.50. The van der Waals surface area contributed by atoms with E-state index in [1.165, 1.54) is 30.3 Å². The molecule has 0 aliphatic rings. The maximum Gasteiger partial charge on any atom is 0.261 e. The van der Waals surface area contributed by atoms with E-state index in [4.69, 9.17) is 0 Å². The monoisotopic (exact) mass is 412 g/mol. The van der Waals surface area contributed by atoms with Crippen molar-refractivity contribution in [2.75, 3.05) is 4.72 Å². The molecule has 0 radical (unpaired) electrons. The first-order valence-electron chi connectivity index (χ1n) is 9.01. The number of aryl methyl sites for hydroxylation is 1. The van der Waals surface area contributed by atoms with E-state index in [0.29, 0.717) is 0 Å². The third-order valence-electron chi connectivity index (χ3n) is 4.51. The summed E-state index contributed by atoms with van der Waals surface area (Å²) in [6, 6.07) is 18.2. The van der Waals surface area contributed by atoms with E-state index < -0.39 is 15.8 Å². The Hall–Kier alpha value is -3.19. The predicted molar refractivity (Wildman–Crippen MR) is 111 cm³/mol. The Labute approximate surface area is 169 Å². The summed E-state index contributed by atoms with van der Waals surface area (Å²) in [5.74, 6) is -0.839. The summed E-state index contributed by atoms with van der Waals surface area (Å²) in [4.78, 5) is 12.6. The van der Waals surface area contributed by atoms with Crippen LogP contribution in [0.5, 0.6) is 0 Å². The van der Waals surface area contributed by atoms with Gasteiger partial charge >= 0.3 is 0 Å². The van der Waals surface area contributed by atoms with Crippen molar-refractivity contribution in [3.63, 3.8) is 0 Å². The van der Waals surface area contributed by atoms with Crippen LogP contribution in [0.25, 0.3) is 0 Å². The van der Waals surface area contributed by atoms with Gasteiger partial charge in [0.05, 0.1) is 10.9 Å². The fourth-order valence-electron chi connectivity index (χ4n) is 2.97. The zero-order valence-corrected chi connectivity index (χ0v) is 16.8. The fourth-order valence-corrected chi connectivity index (χ4v) is 4.07. The summed E-state index contributed by atoms with van der Waals surface area (Å²) in [6.07, 6.45) is 0. The molecule has 7 heteroatoms. The third kappa shape index (κ3) is 5.00. The average molecular weight is 412 g/mol. The number of rotatable bonds is 6. The molecular weight excluding hydrogens is 391 g/mol. The SMILES string of the molecule is Cc1ccccc1[C@H](C)NC(=O)c1cccc(S(=O)(=O)Nc2ccc(F)cc2)c1. The zero-order valence-electron chi connectivity index (χ0n) is 16.0. The molecular formula is C22H21FN2O3S. The average Bonchev–Trinajstić information content (AvgIpc) is 2.70. The maximum absolute atomic E-state index is 13.0. The van der Waals surface area contributed by atoms with Gasteiger partial charge in [-0.1, -0.05) is 30.3 Å². The molecule has 0 heterocycles. The molecule has 0 unspecified atom stereocenters. The molecule has 3 aromatic carbocycles. The molecule has 1 amide bonds. The van der Waals surface area contributed by atoms with Gasteiger partial charge in [-0.25, -0.2) is 12.8 Å². The topological polar surface area (TPSA) is 75.3 Å². The van der Waals surface area contributed by atoms with Crippen molar-refractivity contribution >= 4 is 21.6 Å². The minimum absolute atomic E-state index is 0.0574. The van der Waals surface area contributed by atoms with Crippen LogP contribution in [-0.2, 0) is 10.0 Å². The number of carbonyl (C=O) groups is 1. The number of anilines is 1. The zero-order chi connectivity index (χ0) is 21.0. The van der Waals surface area contributed by atoms with Crippen LogP contribution in [0.1, 0.15) is 34.5 Å². The summed E-state index contributed by atoms with van der Waals surface area (Å²) in [7, 11) is -3.92. The highest BCUT2D eigenvalue weighted by Gasteiger charge is 2.18. The number of halogens is 1. The smallest absolute Gasteiger partial charge is 0.261 e. The van der Waals surface area contributed by atoms with Crippen molar-refractivity contribution in [2.24, 2.45) is 0 Å². The standard InChI is InChI=1S/C22H21FN2O3S/c1-15-6-3-4-9-21(15)16(2)24-22(26)17-7-5-8-20(14-17)29(27,28)25-19-12-10-18(23)11-13-19/h3-14,16,25H,1-2H3,(H,24,26)/t16-/m0/s1. The van der Waals surface area contributed by atoms with Crippen molar-refractivity contribution in [1.82, 2.24) is 5.32 Å². The second-order valence-electron chi connectivity index (χ2n) is 6.69. The Bertz CT molecular complexity index is 1130. The van der Waals surface area contributed by atoms with Gasteiger partial charge in [0, 0.05) is 11.3 Å². The van der Waals surface area contributed by atoms with Crippen LogP contribution in [-0.4, -0.2) is 14.3 Å². The minimum Gasteiger partial charge on any atom is -0.346 e. The lowest BCUT2D eigenvalue weighted by atomic mass is 10.0. The third-order valence-corrected chi connectivity index (χ3v) is 5.88. The van der Waals surface area contributed by atoms with E-state index in [1.54, 1.807) is 6.07 Å². The van der Waals surface area contributed by atoms with Crippen LogP contribution in [0.4, 0.5) is 10.1 Å². The normalized spacial score (nSPS) is 12.2. The molecule has 0 aliphatic carbocycles. The molecule has 0 aromatic heterocycles. The van der Waals surface area contributed by atoms with Gasteiger partial charge in [0.25, 0.3) is 15.9 Å². The summed E-state index contributed by atoms with van der Waals surface area (Å²) < 4.78 is 40.6. The second kappa shape index (κ2) is 8.45. The number of carbonyl (C=O) groups excluding carboxylic acids is 1. The molecule has 3 aromatic rings. The highest BCUT2D eigenvalue weighted by atomic mass is 32.2. The number of sulfonamides is 1. The molecule has 0 fully saturated rings. The summed E-state index contributed by atoms with van der Waals surface area (Å²) >= 11 is 0. The molecule has 150 valence electrons. The fraction of sp³-hybridized carbons (Fsp3) is 0.136. The van der Waals surface area contributed by atoms with Crippen molar-refractivity contribution < 1.29 is 17.6 Å². The van der Waals surface area contributed by atoms with Crippen LogP contribution in [0.15, 0.2) is 77.7 Å². The van der Waals surface area contributed by atoms with Crippen LogP contribution in [0, 0.1) is 12.7 Å². The van der Waals surface area contributed by atoms with Crippen molar-refractivity contribution in [3.05, 3.63) is 95.3 Å². The van der Waals surface area contributed by atoms with Gasteiger partial charge < -0.3 is 5.32 Å². The second-order valence-corrected chi connectivity index (χ2v) is 8.37. The first kappa shape index (κ1) is 20.5. The number of nitrogens with one attached hydrogen (secondary N) is 2. The Morgan fingerprint density at radius 1 is 0.966 bits per heavy atom. The van der Waals surface area contributed by atoms with E-state index in [2.05, 4.69) is 10.0 Å². The van der Waals surface area contributed by atoms with Gasteiger partial charge in [0.1, 0.15) is 5.82 Å². The molecule has 5 nitrogen and oxygen atoms in total. The maximum atomic E-state index is 13.0. The van der Waals surface area contributed by atoms with Crippen LogP contribution < -0.4 is 10.0 Å². The Kier molecular flexibility index (Phi) is 5.98. The van der Waals surface area contributed by atoms with E-state index in [1.807, 2.05) is 38.1 Å². The highest BCUT2D eigenvalue weighted by Crippen LogP contribution is 2.20. The first-order valence-corrected chi connectivity index (χ1v) is 10.5. The predicted octanol–water partition coefficient (Wildman–Crippen LogP) is 4.43. The van der Waals surface area contributed by atoms with Gasteiger partial charge in [-0.3, -0.25) is 9.52 Å². The van der Waals surface area contributed by atoms with Gasteiger partial charge in [-0.05, 0) is 67.4 Å². The summed E-state index contributed by atoms with van der Waals surface area (Å²) in [5, 5.41) is 2.89. The van der Waals surface area contributed by atoms with Gasteiger partial charge in [0.15, 0.2) is 0 Å². The molecule has 0 aliphatic heterocycles.